The third kappa shape index (κ3) is 4.74. The van der Waals surface area contributed by atoms with Crippen LogP contribution in [0.1, 0.15) is 16.1 Å². The second-order valence-electron chi connectivity index (χ2n) is 5.42. The maximum Gasteiger partial charge on any atom is 0.406 e. The van der Waals surface area contributed by atoms with Crippen LogP contribution in [-0.2, 0) is 6.54 Å². The zero-order valence-electron chi connectivity index (χ0n) is 12.8. The second-order valence-corrected chi connectivity index (χ2v) is 5.42. The zero-order valence-corrected chi connectivity index (χ0v) is 12.8. The first-order chi connectivity index (χ1) is 11.4. The largest absolute Gasteiger partial charge is 0.406 e. The molecule has 1 amide bonds. The van der Waals surface area contributed by atoms with Gasteiger partial charge < -0.3 is 5.32 Å². The lowest BCUT2D eigenvalue weighted by Gasteiger charge is -2.16. The molecule has 4 nitrogen and oxygen atoms in total. The molecule has 0 fully saturated rings. The highest BCUT2D eigenvalue weighted by atomic mass is 19.4. The summed E-state index contributed by atoms with van der Waals surface area (Å²) in [7, 11) is 0. The number of nitrogens with one attached hydrogen (secondary N) is 1. The zero-order chi connectivity index (χ0) is 19.0. The molecule has 0 saturated heterocycles. The van der Waals surface area contributed by atoms with Crippen LogP contribution >= 0.6 is 0 Å². The molecule has 0 aliphatic carbocycles. The van der Waals surface area contributed by atoms with E-state index in [2.05, 4.69) is 0 Å². The van der Waals surface area contributed by atoms with Crippen LogP contribution in [0.15, 0.2) is 29.1 Å². The van der Waals surface area contributed by atoms with Crippen molar-refractivity contribution in [3.05, 3.63) is 45.9 Å². The van der Waals surface area contributed by atoms with Gasteiger partial charge in [0.1, 0.15) is 18.8 Å². The standard InChI is InChI=1S/C15H12F6N2O2/c1-8-2-3-9-5-11(12(24)22-6-14(16,17)18)23(7-15(19,20)21)13(25)10(9)4-8/h2-5H,6-7H2,1H3,(H,22,24). The molecular formula is C15H12F6N2O2. The molecule has 2 rings (SSSR count). The molecule has 0 aliphatic rings. The minimum absolute atomic E-state index is 0.0587. The first kappa shape index (κ1) is 18.8. The van der Waals surface area contributed by atoms with Gasteiger partial charge in [-0.15, -0.1) is 0 Å². The number of fused-ring (bicyclic) bond motifs is 1. The van der Waals surface area contributed by atoms with Gasteiger partial charge in [-0.2, -0.15) is 26.3 Å². The lowest BCUT2D eigenvalue weighted by molar-refractivity contribution is -0.141. The van der Waals surface area contributed by atoms with Crippen LogP contribution in [0.3, 0.4) is 0 Å². The molecule has 25 heavy (non-hydrogen) atoms. The predicted molar refractivity (Wildman–Crippen MR) is 77.4 cm³/mol. The molecule has 0 aliphatic heterocycles. The van der Waals surface area contributed by atoms with Crippen molar-refractivity contribution in [2.45, 2.75) is 25.8 Å². The van der Waals surface area contributed by atoms with E-state index in [1.807, 2.05) is 0 Å². The molecule has 1 heterocycles. The van der Waals surface area contributed by atoms with Gasteiger partial charge in [0.15, 0.2) is 0 Å². The van der Waals surface area contributed by atoms with E-state index >= 15 is 0 Å². The number of pyridine rings is 1. The smallest absolute Gasteiger partial charge is 0.342 e. The quantitative estimate of drug-likeness (QED) is 0.849. The van der Waals surface area contributed by atoms with Crippen molar-refractivity contribution >= 4 is 16.7 Å². The van der Waals surface area contributed by atoms with Crippen molar-refractivity contribution in [2.75, 3.05) is 6.54 Å². The van der Waals surface area contributed by atoms with Gasteiger partial charge in [-0.25, -0.2) is 0 Å². The van der Waals surface area contributed by atoms with Crippen LogP contribution in [0, 0.1) is 6.92 Å². The molecule has 1 aromatic heterocycles. The fourth-order valence-corrected chi connectivity index (χ4v) is 2.26. The van der Waals surface area contributed by atoms with Crippen molar-refractivity contribution in [2.24, 2.45) is 0 Å². The summed E-state index contributed by atoms with van der Waals surface area (Å²) in [5.74, 6) is -1.42. The third-order valence-electron chi connectivity index (χ3n) is 3.29. The number of hydrogen-bond acceptors (Lipinski definition) is 2. The molecule has 1 aromatic carbocycles. The van der Waals surface area contributed by atoms with Gasteiger partial charge in [0.2, 0.25) is 0 Å². The number of amides is 1. The summed E-state index contributed by atoms with van der Waals surface area (Å²) in [6, 6.07) is 5.29. The molecule has 2 aromatic rings. The fourth-order valence-electron chi connectivity index (χ4n) is 2.26. The molecule has 0 spiro atoms. The van der Waals surface area contributed by atoms with Crippen molar-refractivity contribution < 1.29 is 31.1 Å². The van der Waals surface area contributed by atoms with E-state index in [1.54, 1.807) is 13.0 Å². The summed E-state index contributed by atoms with van der Waals surface area (Å²) < 4.78 is 75.0. The Morgan fingerprint density at radius 1 is 1.08 bits per heavy atom. The lowest BCUT2D eigenvalue weighted by atomic mass is 10.1. The summed E-state index contributed by atoms with van der Waals surface area (Å²) in [6.07, 6.45) is -9.57. The maximum absolute atomic E-state index is 12.7. The van der Waals surface area contributed by atoms with Gasteiger partial charge in [-0.1, -0.05) is 17.7 Å². The molecule has 0 atom stereocenters. The van der Waals surface area contributed by atoms with Crippen molar-refractivity contribution in [1.82, 2.24) is 9.88 Å². The molecule has 10 heteroatoms. The Balaban J connectivity index is 2.60. The summed E-state index contributed by atoms with van der Waals surface area (Å²) in [5, 5.41) is 1.58. The highest BCUT2D eigenvalue weighted by Gasteiger charge is 2.32. The van der Waals surface area contributed by atoms with Gasteiger partial charge in [-0.05, 0) is 24.4 Å². The number of carbonyl (C=O) groups is 1. The van der Waals surface area contributed by atoms with E-state index < -0.39 is 42.6 Å². The Morgan fingerprint density at radius 3 is 2.28 bits per heavy atom. The summed E-state index contributed by atoms with van der Waals surface area (Å²) >= 11 is 0. The van der Waals surface area contributed by atoms with E-state index in [4.69, 9.17) is 0 Å². The summed E-state index contributed by atoms with van der Waals surface area (Å²) in [4.78, 5) is 24.3. The van der Waals surface area contributed by atoms with E-state index in [-0.39, 0.29) is 15.3 Å². The van der Waals surface area contributed by atoms with E-state index in [0.29, 0.717) is 5.56 Å². The maximum atomic E-state index is 12.7. The number of aryl methyl sites for hydroxylation is 1. The van der Waals surface area contributed by atoms with Crippen molar-refractivity contribution in [1.29, 1.82) is 0 Å². The molecule has 1 N–H and O–H groups in total. The van der Waals surface area contributed by atoms with Crippen molar-refractivity contribution in [3.63, 3.8) is 0 Å². The number of aromatic nitrogens is 1. The minimum atomic E-state index is -4.83. The van der Waals surface area contributed by atoms with Crippen molar-refractivity contribution in [3.8, 4) is 0 Å². The Kier molecular flexibility index (Phi) is 4.83. The first-order valence-corrected chi connectivity index (χ1v) is 6.93. The summed E-state index contributed by atoms with van der Waals surface area (Å²) in [5.41, 5.74) is -1.28. The Labute approximate surface area is 137 Å². The number of hydrogen-bond donors (Lipinski definition) is 1. The Bertz CT molecular complexity index is 867. The monoisotopic (exact) mass is 366 g/mol. The molecule has 136 valence electrons. The van der Waals surface area contributed by atoms with Crippen LogP contribution < -0.4 is 10.9 Å². The van der Waals surface area contributed by atoms with E-state index in [1.165, 1.54) is 17.4 Å². The Hall–Kier alpha value is -2.52. The number of carbonyl (C=O) groups excluding carboxylic acids is 1. The second kappa shape index (κ2) is 6.41. The molecule has 0 radical (unpaired) electrons. The van der Waals surface area contributed by atoms with Crippen LogP contribution in [0.5, 0.6) is 0 Å². The highest BCUT2D eigenvalue weighted by molar-refractivity contribution is 5.96. The first-order valence-electron chi connectivity index (χ1n) is 6.93. The van der Waals surface area contributed by atoms with Gasteiger partial charge in [-0.3, -0.25) is 14.2 Å². The average molecular weight is 366 g/mol. The highest BCUT2D eigenvalue weighted by Crippen LogP contribution is 2.21. The van der Waals surface area contributed by atoms with Gasteiger partial charge in [0, 0.05) is 5.39 Å². The Morgan fingerprint density at radius 2 is 1.72 bits per heavy atom. The number of benzene rings is 1. The van der Waals surface area contributed by atoms with Gasteiger partial charge in [0.05, 0.1) is 0 Å². The van der Waals surface area contributed by atoms with Gasteiger partial charge >= 0.3 is 12.4 Å². The average Bonchev–Trinajstić information content (AvgIpc) is 2.46. The lowest BCUT2D eigenvalue weighted by Crippen LogP contribution is -2.39. The topological polar surface area (TPSA) is 51.1 Å². The number of halogens is 6. The predicted octanol–water partition coefficient (Wildman–Crippen LogP) is 3.16. The summed E-state index contributed by atoms with van der Waals surface area (Å²) in [6.45, 7) is -1.89. The minimum Gasteiger partial charge on any atom is -0.342 e. The SMILES string of the molecule is Cc1ccc2cc(C(=O)NCC(F)(F)F)n(CC(F)(F)F)c(=O)c2c1. The van der Waals surface area contributed by atoms with Crippen LogP contribution in [0.25, 0.3) is 10.8 Å². The van der Waals surface area contributed by atoms with Crippen LogP contribution in [-0.4, -0.2) is 29.4 Å². The number of nitrogens with zero attached hydrogens (tertiary/aromatic N) is 1. The third-order valence-corrected chi connectivity index (χ3v) is 3.29. The number of alkyl halides is 6. The normalized spacial score (nSPS) is 12.4. The molecule has 0 bridgehead atoms. The van der Waals surface area contributed by atoms with Gasteiger partial charge in [0.25, 0.3) is 11.5 Å². The van der Waals surface area contributed by atoms with Crippen LogP contribution in [0.4, 0.5) is 26.3 Å². The fraction of sp³-hybridized carbons (Fsp3) is 0.333. The molecular weight excluding hydrogens is 354 g/mol. The molecule has 0 saturated carbocycles. The van der Waals surface area contributed by atoms with E-state index in [9.17, 15) is 35.9 Å². The number of rotatable bonds is 3. The molecule has 0 unspecified atom stereocenters. The van der Waals surface area contributed by atoms with Crippen LogP contribution in [0.2, 0.25) is 0 Å². The van der Waals surface area contributed by atoms with E-state index in [0.717, 1.165) is 6.07 Å².